The molecule has 124 valence electrons. The van der Waals surface area contributed by atoms with Crippen LogP contribution in [0, 0.1) is 5.92 Å². The third kappa shape index (κ3) is 4.28. The molecule has 1 atom stereocenters. The molecule has 22 heavy (non-hydrogen) atoms. The first-order chi connectivity index (χ1) is 10.0. The monoisotopic (exact) mass is 349 g/mol. The molecular weight excluding hydrogens is 330 g/mol. The molecule has 0 saturated heterocycles. The van der Waals surface area contributed by atoms with E-state index in [9.17, 15) is 21.6 Å². The third-order valence-corrected chi connectivity index (χ3v) is 6.24. The normalized spacial score (nSPS) is 14.0. The molecule has 0 unspecified atom stereocenters. The predicted molar refractivity (Wildman–Crippen MR) is 80.8 cm³/mol. The number of sulfone groups is 1. The van der Waals surface area contributed by atoms with Crippen molar-refractivity contribution in [2.24, 2.45) is 5.92 Å². The van der Waals surface area contributed by atoms with Crippen molar-refractivity contribution in [1.29, 1.82) is 0 Å². The Kier molecular flexibility index (Phi) is 5.71. The summed E-state index contributed by atoms with van der Waals surface area (Å²) in [5, 5.41) is 9.05. The fraction of sp³-hybridized carbons (Fsp3) is 0.462. The largest absolute Gasteiger partial charge is 0.480 e. The molecule has 0 aromatic heterocycles. The molecule has 0 aliphatic rings. The van der Waals surface area contributed by atoms with Crippen LogP contribution in [-0.2, 0) is 24.7 Å². The highest BCUT2D eigenvalue weighted by atomic mass is 32.2. The molecule has 0 aliphatic carbocycles. The average molecular weight is 349 g/mol. The summed E-state index contributed by atoms with van der Waals surface area (Å²) in [5.41, 5.74) is 0. The minimum absolute atomic E-state index is 0.116. The Labute approximate surface area is 130 Å². The Morgan fingerprint density at radius 1 is 1.18 bits per heavy atom. The number of carboxylic acid groups (broad SMARTS) is 1. The topological polar surface area (TPSA) is 118 Å². The van der Waals surface area contributed by atoms with Gasteiger partial charge in [-0.3, -0.25) is 4.79 Å². The van der Waals surface area contributed by atoms with Gasteiger partial charge in [-0.05, 0) is 24.1 Å². The van der Waals surface area contributed by atoms with E-state index >= 15 is 0 Å². The zero-order valence-electron chi connectivity index (χ0n) is 12.5. The summed E-state index contributed by atoms with van der Waals surface area (Å²) in [7, 11) is -7.69. The van der Waals surface area contributed by atoms with Crippen molar-refractivity contribution >= 4 is 25.8 Å². The number of hydrogen-bond donors (Lipinski definition) is 2. The first-order valence-electron chi connectivity index (χ1n) is 6.59. The van der Waals surface area contributed by atoms with Crippen LogP contribution in [0.5, 0.6) is 0 Å². The van der Waals surface area contributed by atoms with Crippen molar-refractivity contribution < 1.29 is 26.7 Å². The third-order valence-electron chi connectivity index (χ3n) is 3.07. The lowest BCUT2D eigenvalue weighted by atomic mass is 10.1. The van der Waals surface area contributed by atoms with Crippen molar-refractivity contribution in [3.05, 3.63) is 24.3 Å². The zero-order valence-corrected chi connectivity index (χ0v) is 14.1. The van der Waals surface area contributed by atoms with Crippen LogP contribution in [0.15, 0.2) is 34.1 Å². The maximum atomic E-state index is 12.2. The van der Waals surface area contributed by atoms with E-state index < -0.39 is 37.8 Å². The summed E-state index contributed by atoms with van der Waals surface area (Å²) in [6, 6.07) is 3.56. The zero-order chi connectivity index (χ0) is 17.1. The molecule has 0 heterocycles. The molecule has 9 heteroatoms. The molecule has 1 aromatic carbocycles. The Morgan fingerprint density at radius 2 is 1.73 bits per heavy atom. The summed E-state index contributed by atoms with van der Waals surface area (Å²) >= 11 is 0. The van der Waals surface area contributed by atoms with Gasteiger partial charge in [-0.15, -0.1) is 0 Å². The van der Waals surface area contributed by atoms with Crippen LogP contribution in [0.4, 0.5) is 0 Å². The van der Waals surface area contributed by atoms with Gasteiger partial charge in [0.15, 0.2) is 9.84 Å². The number of hydrogen-bond acceptors (Lipinski definition) is 5. The number of carboxylic acids is 1. The lowest BCUT2D eigenvalue weighted by Crippen LogP contribution is -2.44. The van der Waals surface area contributed by atoms with E-state index in [-0.39, 0.29) is 15.5 Å². The highest BCUT2D eigenvalue weighted by Gasteiger charge is 2.28. The number of carbonyl (C=O) groups is 1. The van der Waals surface area contributed by atoms with E-state index in [1.54, 1.807) is 13.8 Å². The Morgan fingerprint density at radius 3 is 2.18 bits per heavy atom. The fourth-order valence-electron chi connectivity index (χ4n) is 1.71. The molecule has 2 N–H and O–H groups in total. The van der Waals surface area contributed by atoms with E-state index in [4.69, 9.17) is 5.11 Å². The summed E-state index contributed by atoms with van der Waals surface area (Å²) in [6.45, 7) is 4.59. The number of sulfonamides is 1. The molecular formula is C13H19NO6S2. The highest BCUT2D eigenvalue weighted by molar-refractivity contribution is 7.91. The van der Waals surface area contributed by atoms with Gasteiger partial charge in [-0.25, -0.2) is 16.8 Å². The second-order valence-corrected chi connectivity index (χ2v) is 9.05. The molecule has 0 saturated carbocycles. The predicted octanol–water partition coefficient (Wildman–Crippen LogP) is 0.868. The SMILES string of the molecule is CCS(=O)(=O)c1cccc(S(=O)(=O)N[C@H](C(=O)O)C(C)C)c1. The lowest BCUT2D eigenvalue weighted by molar-refractivity contribution is -0.140. The van der Waals surface area contributed by atoms with Crippen molar-refractivity contribution in [3.63, 3.8) is 0 Å². The highest BCUT2D eigenvalue weighted by Crippen LogP contribution is 2.18. The first-order valence-corrected chi connectivity index (χ1v) is 9.72. The van der Waals surface area contributed by atoms with Gasteiger partial charge in [0.25, 0.3) is 0 Å². The van der Waals surface area contributed by atoms with Gasteiger partial charge in [0.2, 0.25) is 10.0 Å². The van der Waals surface area contributed by atoms with Crippen LogP contribution >= 0.6 is 0 Å². The van der Waals surface area contributed by atoms with Crippen molar-refractivity contribution in [2.45, 2.75) is 36.6 Å². The van der Waals surface area contributed by atoms with E-state index in [0.29, 0.717) is 0 Å². The lowest BCUT2D eigenvalue weighted by Gasteiger charge is -2.18. The van der Waals surface area contributed by atoms with E-state index in [2.05, 4.69) is 4.72 Å². The second-order valence-electron chi connectivity index (χ2n) is 5.06. The van der Waals surface area contributed by atoms with Gasteiger partial charge < -0.3 is 5.11 Å². The molecule has 7 nitrogen and oxygen atoms in total. The quantitative estimate of drug-likeness (QED) is 0.754. The number of rotatable bonds is 7. The number of benzene rings is 1. The standard InChI is InChI=1S/C13H19NO6S2/c1-4-21(17,18)10-6-5-7-11(8-10)22(19,20)14-12(9(2)3)13(15)16/h5-9,12,14H,4H2,1-3H3,(H,15,16)/t12-/m0/s1. The van der Waals surface area contributed by atoms with Gasteiger partial charge in [0.1, 0.15) is 6.04 Å². The maximum Gasteiger partial charge on any atom is 0.322 e. The number of aliphatic carboxylic acids is 1. The van der Waals surface area contributed by atoms with Gasteiger partial charge in [0, 0.05) is 0 Å². The van der Waals surface area contributed by atoms with Crippen LogP contribution in [-0.4, -0.2) is 39.7 Å². The van der Waals surface area contributed by atoms with Crippen LogP contribution in [0.25, 0.3) is 0 Å². The molecule has 1 rings (SSSR count). The first kappa shape index (κ1) is 18.6. The Balaban J connectivity index is 3.25. The molecule has 0 fully saturated rings. The van der Waals surface area contributed by atoms with Crippen molar-refractivity contribution in [1.82, 2.24) is 4.72 Å². The van der Waals surface area contributed by atoms with Gasteiger partial charge in [0.05, 0.1) is 15.5 Å². The minimum atomic E-state index is -4.14. The van der Waals surface area contributed by atoms with Gasteiger partial charge in [-0.1, -0.05) is 26.8 Å². The van der Waals surface area contributed by atoms with Crippen LogP contribution < -0.4 is 4.72 Å². The summed E-state index contributed by atoms with van der Waals surface area (Å²) in [5.74, 6) is -1.92. The van der Waals surface area contributed by atoms with Crippen LogP contribution in [0.3, 0.4) is 0 Å². The Hall–Kier alpha value is -1.45. The van der Waals surface area contributed by atoms with E-state index in [1.807, 2.05) is 0 Å². The summed E-state index contributed by atoms with van der Waals surface area (Å²) in [6.07, 6.45) is 0. The maximum absolute atomic E-state index is 12.2. The van der Waals surface area contributed by atoms with Crippen molar-refractivity contribution in [2.75, 3.05) is 5.75 Å². The molecule has 0 amide bonds. The summed E-state index contributed by atoms with van der Waals surface area (Å²) < 4.78 is 50.2. The summed E-state index contributed by atoms with van der Waals surface area (Å²) in [4.78, 5) is 10.7. The van der Waals surface area contributed by atoms with Crippen molar-refractivity contribution in [3.8, 4) is 0 Å². The molecule has 0 bridgehead atoms. The van der Waals surface area contributed by atoms with Crippen LogP contribution in [0.2, 0.25) is 0 Å². The van der Waals surface area contributed by atoms with Crippen LogP contribution in [0.1, 0.15) is 20.8 Å². The fourth-order valence-corrected chi connectivity index (χ4v) is 4.09. The minimum Gasteiger partial charge on any atom is -0.480 e. The van der Waals surface area contributed by atoms with Gasteiger partial charge in [-0.2, -0.15) is 4.72 Å². The van der Waals surface area contributed by atoms with E-state index in [1.165, 1.54) is 25.1 Å². The molecule has 0 radical (unpaired) electrons. The smallest absolute Gasteiger partial charge is 0.322 e. The van der Waals surface area contributed by atoms with Gasteiger partial charge >= 0.3 is 5.97 Å². The number of nitrogens with one attached hydrogen (secondary N) is 1. The molecule has 0 aliphatic heterocycles. The average Bonchev–Trinajstić information content (AvgIpc) is 2.44. The second kappa shape index (κ2) is 6.76. The molecule has 1 aromatic rings. The Bertz CT molecular complexity index is 752. The van der Waals surface area contributed by atoms with E-state index in [0.717, 1.165) is 6.07 Å². The molecule has 0 spiro atoms.